The summed E-state index contributed by atoms with van der Waals surface area (Å²) in [6.45, 7) is 8.73. The van der Waals surface area contributed by atoms with Crippen LogP contribution >= 0.6 is 0 Å². The molecule has 3 aromatic carbocycles. The van der Waals surface area contributed by atoms with Crippen molar-refractivity contribution in [3.8, 4) is 46.6 Å². The molecule has 6 rings (SSSR count). The van der Waals surface area contributed by atoms with Gasteiger partial charge in [-0.05, 0) is 82.3 Å². The number of nitrogens with zero attached hydrogens (tertiary/aromatic N) is 2. The van der Waals surface area contributed by atoms with Gasteiger partial charge in [-0.2, -0.15) is 10.5 Å². The number of aromatic hydroxyl groups is 2. The smallest absolute Gasteiger partial charge is 0.189 e. The van der Waals surface area contributed by atoms with Crippen LogP contribution in [0.4, 0.5) is 0 Å². The fourth-order valence-corrected chi connectivity index (χ4v) is 6.66. The monoisotopic (exact) mass is 464 g/mol. The first kappa shape index (κ1) is 21.4. The number of benzene rings is 3. The number of fused-ring (bicyclic) bond motifs is 6. The van der Waals surface area contributed by atoms with E-state index < -0.39 is 0 Å². The lowest BCUT2D eigenvalue weighted by Crippen LogP contribution is -2.27. The van der Waals surface area contributed by atoms with Gasteiger partial charge in [-0.25, -0.2) is 0 Å². The molecule has 0 saturated heterocycles. The van der Waals surface area contributed by atoms with E-state index in [-0.39, 0.29) is 39.2 Å². The molecule has 6 heteroatoms. The minimum absolute atomic E-state index is 0.109. The fourth-order valence-electron chi connectivity index (χ4n) is 6.66. The summed E-state index contributed by atoms with van der Waals surface area (Å²) in [4.78, 5) is 0. The maximum atomic E-state index is 10.4. The normalized spacial score (nSPS) is 21.5. The molecule has 174 valence electrons. The van der Waals surface area contributed by atoms with Crippen LogP contribution in [-0.2, 0) is 16.2 Å². The average molecular weight is 465 g/mol. The van der Waals surface area contributed by atoms with E-state index in [1.807, 2.05) is 12.1 Å². The van der Waals surface area contributed by atoms with Crippen LogP contribution in [0.5, 0.6) is 34.5 Å². The second-order valence-electron chi connectivity index (χ2n) is 11.2. The van der Waals surface area contributed by atoms with E-state index in [4.69, 9.17) is 9.47 Å². The summed E-state index contributed by atoms with van der Waals surface area (Å²) < 4.78 is 12.4. The van der Waals surface area contributed by atoms with Crippen molar-refractivity contribution in [1.29, 1.82) is 10.5 Å². The molecular formula is C29H24N2O4. The van der Waals surface area contributed by atoms with E-state index >= 15 is 0 Å². The number of rotatable bonds is 0. The Balaban J connectivity index is 1.59. The maximum absolute atomic E-state index is 10.4. The fraction of sp³-hybridized carbons (Fsp3) is 0.310. The molecule has 0 saturated carbocycles. The van der Waals surface area contributed by atoms with Crippen molar-refractivity contribution in [3.63, 3.8) is 0 Å². The summed E-state index contributed by atoms with van der Waals surface area (Å²) in [6, 6.07) is 14.8. The first-order valence-corrected chi connectivity index (χ1v) is 11.6. The van der Waals surface area contributed by atoms with Gasteiger partial charge >= 0.3 is 0 Å². The lowest BCUT2D eigenvalue weighted by atomic mass is 9.72. The molecule has 1 aliphatic heterocycles. The Labute approximate surface area is 203 Å². The Bertz CT molecular complexity index is 1550. The maximum Gasteiger partial charge on any atom is 0.189 e. The molecule has 2 aliphatic carbocycles. The third-order valence-corrected chi connectivity index (χ3v) is 7.95. The van der Waals surface area contributed by atoms with Crippen molar-refractivity contribution in [2.45, 2.75) is 56.8 Å². The van der Waals surface area contributed by atoms with Crippen molar-refractivity contribution in [2.24, 2.45) is 0 Å². The highest BCUT2D eigenvalue weighted by Crippen LogP contribution is 2.65. The first-order valence-electron chi connectivity index (χ1n) is 11.6. The SMILES string of the molecule is CC1(C)CC2(CC(C)(C)c3cc4c(cc32)Oc2c(C#N)ccc(C#N)c2O4)c2cc(O)c(O)cc21. The predicted octanol–water partition coefficient (Wildman–Crippen LogP) is 6.39. The molecule has 0 radical (unpaired) electrons. The van der Waals surface area contributed by atoms with Crippen LogP contribution < -0.4 is 9.47 Å². The van der Waals surface area contributed by atoms with Crippen molar-refractivity contribution in [3.05, 3.63) is 69.8 Å². The number of hydrogen-bond acceptors (Lipinski definition) is 6. The second kappa shape index (κ2) is 6.49. The van der Waals surface area contributed by atoms with E-state index in [9.17, 15) is 20.7 Å². The van der Waals surface area contributed by atoms with Gasteiger partial charge in [0.1, 0.15) is 12.1 Å². The summed E-state index contributed by atoms with van der Waals surface area (Å²) in [5.74, 6) is 1.29. The summed E-state index contributed by atoms with van der Waals surface area (Å²) >= 11 is 0. The zero-order chi connectivity index (χ0) is 24.9. The van der Waals surface area contributed by atoms with Gasteiger partial charge in [0.05, 0.1) is 11.1 Å². The number of phenols is 2. The van der Waals surface area contributed by atoms with Crippen LogP contribution in [0, 0.1) is 22.7 Å². The number of phenolic OH excluding ortho intramolecular Hbond substituents is 2. The van der Waals surface area contributed by atoms with Crippen LogP contribution in [0.25, 0.3) is 0 Å². The zero-order valence-corrected chi connectivity index (χ0v) is 20.0. The Morgan fingerprint density at radius 2 is 1.09 bits per heavy atom. The quantitative estimate of drug-likeness (QED) is 0.292. The topological polar surface area (TPSA) is 106 Å². The van der Waals surface area contributed by atoms with Gasteiger partial charge in [0, 0.05) is 5.41 Å². The average Bonchev–Trinajstić information content (AvgIpc) is 3.15. The summed E-state index contributed by atoms with van der Waals surface area (Å²) in [5, 5.41) is 39.8. The molecule has 6 nitrogen and oxygen atoms in total. The van der Waals surface area contributed by atoms with Gasteiger partial charge in [0.25, 0.3) is 0 Å². The summed E-state index contributed by atoms with van der Waals surface area (Å²) in [7, 11) is 0. The van der Waals surface area contributed by atoms with Crippen LogP contribution in [0.15, 0.2) is 36.4 Å². The van der Waals surface area contributed by atoms with Crippen molar-refractivity contribution < 1.29 is 19.7 Å². The summed E-state index contributed by atoms with van der Waals surface area (Å²) in [6.07, 6.45) is 1.63. The number of nitriles is 2. The molecule has 3 aliphatic rings. The molecule has 0 aromatic heterocycles. The molecule has 1 atom stereocenters. The third-order valence-electron chi connectivity index (χ3n) is 7.95. The molecular weight excluding hydrogens is 440 g/mol. The first-order chi connectivity index (χ1) is 16.5. The zero-order valence-electron chi connectivity index (χ0n) is 20.0. The van der Waals surface area contributed by atoms with Crippen molar-refractivity contribution >= 4 is 0 Å². The molecule has 3 aromatic rings. The van der Waals surface area contributed by atoms with Crippen LogP contribution in [0.1, 0.15) is 73.9 Å². The van der Waals surface area contributed by atoms with Gasteiger partial charge in [-0.1, -0.05) is 27.7 Å². The number of hydrogen-bond donors (Lipinski definition) is 2. The van der Waals surface area contributed by atoms with Crippen molar-refractivity contribution in [1.82, 2.24) is 0 Å². The molecule has 0 bridgehead atoms. The van der Waals surface area contributed by atoms with E-state index in [0.717, 1.165) is 35.1 Å². The van der Waals surface area contributed by atoms with E-state index in [0.29, 0.717) is 22.6 Å². The highest BCUT2D eigenvalue weighted by Gasteiger charge is 2.57. The second-order valence-corrected chi connectivity index (χ2v) is 11.2. The predicted molar refractivity (Wildman–Crippen MR) is 128 cm³/mol. The van der Waals surface area contributed by atoms with Gasteiger partial charge < -0.3 is 19.7 Å². The van der Waals surface area contributed by atoms with Gasteiger partial charge in [0.2, 0.25) is 0 Å². The molecule has 1 unspecified atom stereocenters. The van der Waals surface area contributed by atoms with Crippen molar-refractivity contribution in [2.75, 3.05) is 0 Å². The van der Waals surface area contributed by atoms with E-state index in [2.05, 4.69) is 39.8 Å². The van der Waals surface area contributed by atoms with Gasteiger partial charge in [-0.3, -0.25) is 0 Å². The van der Waals surface area contributed by atoms with Gasteiger partial charge in [-0.15, -0.1) is 0 Å². The van der Waals surface area contributed by atoms with Crippen LogP contribution in [0.2, 0.25) is 0 Å². The molecule has 35 heavy (non-hydrogen) atoms. The molecule has 1 heterocycles. The Morgan fingerprint density at radius 1 is 0.686 bits per heavy atom. The van der Waals surface area contributed by atoms with Crippen LogP contribution in [0.3, 0.4) is 0 Å². The molecule has 0 amide bonds. The highest BCUT2D eigenvalue weighted by atomic mass is 16.6. The third kappa shape index (κ3) is 2.68. The lowest BCUT2D eigenvalue weighted by molar-refractivity contribution is 0.348. The molecule has 2 N–H and O–H groups in total. The lowest BCUT2D eigenvalue weighted by Gasteiger charge is -2.31. The molecule has 0 fully saturated rings. The minimum Gasteiger partial charge on any atom is -0.504 e. The number of ether oxygens (including phenoxy) is 2. The minimum atomic E-state index is -0.381. The largest absolute Gasteiger partial charge is 0.504 e. The van der Waals surface area contributed by atoms with Crippen LogP contribution in [-0.4, -0.2) is 10.2 Å². The Morgan fingerprint density at radius 3 is 1.57 bits per heavy atom. The van der Waals surface area contributed by atoms with E-state index in [1.165, 1.54) is 0 Å². The Hall–Kier alpha value is -4.16. The molecule has 1 spiro atoms. The van der Waals surface area contributed by atoms with Gasteiger partial charge in [0.15, 0.2) is 34.5 Å². The summed E-state index contributed by atoms with van der Waals surface area (Å²) in [5.41, 5.74) is 4.08. The van der Waals surface area contributed by atoms with E-state index in [1.54, 1.807) is 24.3 Å². The standard InChI is InChI=1S/C29H24N2O4/c1-27(2)13-29(19-8-22(33)21(32)7-17(19)27)14-28(3,4)18-9-23-24(10-20(18)29)35-26-16(12-31)6-5-15(11-30)25(26)34-23/h5-10,32-33H,13-14H2,1-4H3. The highest BCUT2D eigenvalue weighted by molar-refractivity contribution is 5.70. The Kier molecular flexibility index (Phi) is 3.96.